The first kappa shape index (κ1) is 15.9. The summed E-state index contributed by atoms with van der Waals surface area (Å²) >= 11 is 0. The molecule has 0 bridgehead atoms. The predicted octanol–water partition coefficient (Wildman–Crippen LogP) is 3.41. The van der Waals surface area contributed by atoms with Gasteiger partial charge in [0.05, 0.1) is 5.41 Å². The van der Waals surface area contributed by atoms with Gasteiger partial charge in [0.25, 0.3) is 5.91 Å². The first-order valence-electron chi connectivity index (χ1n) is 8.83. The number of nitrogens with zero attached hydrogens (tertiary/aromatic N) is 1. The fraction of sp³-hybridized carbons (Fsp3) is 0.333. The van der Waals surface area contributed by atoms with Gasteiger partial charge in [0.1, 0.15) is 0 Å². The second-order valence-electron chi connectivity index (χ2n) is 7.23. The highest BCUT2D eigenvalue weighted by molar-refractivity contribution is 5.99. The van der Waals surface area contributed by atoms with Crippen molar-refractivity contribution in [1.29, 1.82) is 0 Å². The zero-order chi connectivity index (χ0) is 17.4. The number of likely N-dealkylation sites (tertiary alicyclic amines) is 1. The molecular formula is C21H22N2O2. The number of aryl methyl sites for hydroxylation is 1. The Morgan fingerprint density at radius 3 is 2.44 bits per heavy atom. The van der Waals surface area contributed by atoms with Crippen LogP contribution in [0.3, 0.4) is 0 Å². The number of rotatable bonds is 1. The molecule has 2 aliphatic heterocycles. The van der Waals surface area contributed by atoms with Crippen LogP contribution in [0.2, 0.25) is 0 Å². The van der Waals surface area contributed by atoms with Crippen LogP contribution < -0.4 is 5.32 Å². The summed E-state index contributed by atoms with van der Waals surface area (Å²) in [6.45, 7) is 3.27. The zero-order valence-corrected chi connectivity index (χ0v) is 14.4. The van der Waals surface area contributed by atoms with E-state index in [9.17, 15) is 9.59 Å². The summed E-state index contributed by atoms with van der Waals surface area (Å²) in [5.41, 5.74) is 3.61. The lowest BCUT2D eigenvalue weighted by Gasteiger charge is -2.43. The Morgan fingerprint density at radius 1 is 1.04 bits per heavy atom. The van der Waals surface area contributed by atoms with E-state index in [-0.39, 0.29) is 17.2 Å². The zero-order valence-electron chi connectivity index (χ0n) is 14.4. The van der Waals surface area contributed by atoms with E-state index >= 15 is 0 Å². The van der Waals surface area contributed by atoms with Crippen LogP contribution >= 0.6 is 0 Å². The van der Waals surface area contributed by atoms with Crippen LogP contribution in [0.4, 0.5) is 5.69 Å². The molecule has 128 valence electrons. The molecule has 2 amide bonds. The van der Waals surface area contributed by atoms with Crippen molar-refractivity contribution in [2.75, 3.05) is 18.4 Å². The Hall–Kier alpha value is -2.62. The fourth-order valence-electron chi connectivity index (χ4n) is 3.92. The molecule has 2 aromatic rings. The number of hydrogen-bond acceptors (Lipinski definition) is 2. The second kappa shape index (κ2) is 6.03. The molecule has 4 nitrogen and oxygen atoms in total. The smallest absolute Gasteiger partial charge is 0.253 e. The molecule has 0 aromatic heterocycles. The molecule has 4 heteroatoms. The molecule has 0 unspecified atom stereocenters. The first-order valence-corrected chi connectivity index (χ1v) is 8.83. The third kappa shape index (κ3) is 2.82. The quantitative estimate of drug-likeness (QED) is 0.869. The molecule has 0 atom stereocenters. The maximum Gasteiger partial charge on any atom is 0.253 e. The van der Waals surface area contributed by atoms with Gasteiger partial charge in [-0.05, 0) is 49.9 Å². The summed E-state index contributed by atoms with van der Waals surface area (Å²) < 4.78 is 0. The van der Waals surface area contributed by atoms with Crippen LogP contribution in [0.5, 0.6) is 0 Å². The number of nitrogens with one attached hydrogen (secondary N) is 1. The lowest BCUT2D eigenvalue weighted by Crippen LogP contribution is -2.51. The minimum atomic E-state index is -0.377. The monoisotopic (exact) mass is 334 g/mol. The highest BCUT2D eigenvalue weighted by atomic mass is 16.2. The van der Waals surface area contributed by atoms with E-state index in [1.807, 2.05) is 54.3 Å². The highest BCUT2D eigenvalue weighted by Gasteiger charge is 2.45. The minimum absolute atomic E-state index is 0.0615. The van der Waals surface area contributed by atoms with Crippen molar-refractivity contribution < 1.29 is 9.59 Å². The normalized spacial score (nSPS) is 18.6. The third-order valence-corrected chi connectivity index (χ3v) is 5.58. The van der Waals surface area contributed by atoms with Gasteiger partial charge in [-0.25, -0.2) is 0 Å². The largest absolute Gasteiger partial charge is 0.339 e. The molecule has 2 heterocycles. The molecule has 2 aromatic carbocycles. The fourth-order valence-corrected chi connectivity index (χ4v) is 3.92. The molecule has 0 aliphatic carbocycles. The molecule has 1 fully saturated rings. The summed E-state index contributed by atoms with van der Waals surface area (Å²) in [5.74, 6) is 0.167. The highest BCUT2D eigenvalue weighted by Crippen LogP contribution is 2.41. The van der Waals surface area contributed by atoms with E-state index < -0.39 is 0 Å². The van der Waals surface area contributed by atoms with Gasteiger partial charge in [-0.1, -0.05) is 35.9 Å². The number of hydrogen-bond donors (Lipinski definition) is 1. The van der Waals surface area contributed by atoms with Crippen molar-refractivity contribution >= 4 is 17.5 Å². The number of benzene rings is 2. The molecule has 25 heavy (non-hydrogen) atoms. The van der Waals surface area contributed by atoms with Crippen LogP contribution in [0.25, 0.3) is 0 Å². The van der Waals surface area contributed by atoms with Crippen LogP contribution in [-0.4, -0.2) is 29.8 Å². The number of piperidine rings is 1. The number of carbonyl (C=O) groups excluding carboxylic acids is 2. The van der Waals surface area contributed by atoms with Crippen LogP contribution in [0.15, 0.2) is 48.5 Å². The molecular weight excluding hydrogens is 312 g/mol. The summed E-state index contributed by atoms with van der Waals surface area (Å²) in [6, 6.07) is 15.7. The Labute approximate surface area is 147 Å². The number of amides is 2. The van der Waals surface area contributed by atoms with Gasteiger partial charge >= 0.3 is 0 Å². The van der Waals surface area contributed by atoms with Crippen molar-refractivity contribution in [3.8, 4) is 0 Å². The average Bonchev–Trinajstić information content (AvgIpc) is 2.63. The van der Waals surface area contributed by atoms with Gasteiger partial charge in [0.15, 0.2) is 0 Å². The summed E-state index contributed by atoms with van der Waals surface area (Å²) in [6.07, 6.45) is 2.19. The Morgan fingerprint density at radius 2 is 1.72 bits per heavy atom. The second-order valence-corrected chi connectivity index (χ2v) is 7.23. The molecule has 0 saturated carbocycles. The molecule has 1 spiro atoms. The molecule has 1 saturated heterocycles. The molecule has 2 aliphatic rings. The summed E-state index contributed by atoms with van der Waals surface area (Å²) in [4.78, 5) is 27.3. The van der Waals surface area contributed by atoms with Gasteiger partial charge in [0.2, 0.25) is 5.91 Å². The predicted molar refractivity (Wildman–Crippen MR) is 97.5 cm³/mol. The van der Waals surface area contributed by atoms with E-state index in [0.717, 1.165) is 23.2 Å². The lowest BCUT2D eigenvalue weighted by atomic mass is 9.71. The van der Waals surface area contributed by atoms with Crippen molar-refractivity contribution in [3.63, 3.8) is 0 Å². The van der Waals surface area contributed by atoms with Crippen molar-refractivity contribution in [3.05, 3.63) is 65.2 Å². The Balaban J connectivity index is 1.49. The van der Waals surface area contributed by atoms with Crippen LogP contribution in [0.1, 0.15) is 34.3 Å². The molecule has 1 N–H and O–H groups in total. The summed E-state index contributed by atoms with van der Waals surface area (Å²) in [7, 11) is 0. The van der Waals surface area contributed by atoms with Gasteiger partial charge in [-0.2, -0.15) is 0 Å². The van der Waals surface area contributed by atoms with E-state index in [0.29, 0.717) is 25.9 Å². The van der Waals surface area contributed by atoms with Crippen molar-refractivity contribution in [1.82, 2.24) is 4.90 Å². The maximum atomic E-state index is 12.7. The number of anilines is 1. The number of carbonyl (C=O) groups is 2. The number of fused-ring (bicyclic) bond motifs is 1. The standard InChI is InChI=1S/C21H22N2O2/c1-15-6-8-16(9-7-15)19(24)23-12-10-21(11-13-23)14-17-4-2-3-5-18(17)22-20(21)25/h2-9H,10-14H2,1H3,(H,22,25). The third-order valence-electron chi connectivity index (χ3n) is 5.58. The Kier molecular flexibility index (Phi) is 3.83. The number of para-hydroxylation sites is 1. The first-order chi connectivity index (χ1) is 12.1. The minimum Gasteiger partial charge on any atom is -0.339 e. The van der Waals surface area contributed by atoms with Gasteiger partial charge in [-0.3, -0.25) is 9.59 Å². The molecule has 0 radical (unpaired) electrons. The SMILES string of the molecule is Cc1ccc(C(=O)N2CCC3(CC2)Cc2ccccc2NC3=O)cc1. The Bertz CT molecular complexity index is 818. The van der Waals surface area contributed by atoms with E-state index in [1.54, 1.807) is 0 Å². The van der Waals surface area contributed by atoms with Crippen LogP contribution in [-0.2, 0) is 11.2 Å². The van der Waals surface area contributed by atoms with E-state index in [2.05, 4.69) is 11.4 Å². The van der Waals surface area contributed by atoms with E-state index in [4.69, 9.17) is 0 Å². The average molecular weight is 334 g/mol. The topological polar surface area (TPSA) is 49.4 Å². The van der Waals surface area contributed by atoms with Crippen LogP contribution in [0, 0.1) is 12.3 Å². The summed E-state index contributed by atoms with van der Waals surface area (Å²) in [5, 5.41) is 3.06. The van der Waals surface area contributed by atoms with Gasteiger partial charge in [-0.15, -0.1) is 0 Å². The van der Waals surface area contributed by atoms with Crippen molar-refractivity contribution in [2.24, 2.45) is 5.41 Å². The lowest BCUT2D eigenvalue weighted by molar-refractivity contribution is -0.128. The maximum absolute atomic E-state index is 12.7. The molecule has 4 rings (SSSR count). The van der Waals surface area contributed by atoms with Gasteiger partial charge < -0.3 is 10.2 Å². The van der Waals surface area contributed by atoms with Gasteiger partial charge in [0, 0.05) is 24.3 Å². The van der Waals surface area contributed by atoms with E-state index in [1.165, 1.54) is 5.56 Å². The van der Waals surface area contributed by atoms with Crippen molar-refractivity contribution in [2.45, 2.75) is 26.2 Å².